The number of carbonyl (C=O) groups excluding carboxylic acids is 1. The molecule has 1 aliphatic heterocycles. The minimum atomic E-state index is -0.238. The maximum atomic E-state index is 13.0. The number of likely N-dealkylation sites (N-methyl/N-ethyl adjacent to an activating group) is 1. The lowest BCUT2D eigenvalue weighted by Gasteiger charge is -2.16. The maximum Gasteiger partial charge on any atom is 0.262 e. The van der Waals surface area contributed by atoms with E-state index in [0.29, 0.717) is 45.8 Å². The molecule has 0 fully saturated rings. The van der Waals surface area contributed by atoms with Crippen molar-refractivity contribution in [1.29, 1.82) is 0 Å². The highest BCUT2D eigenvalue weighted by Gasteiger charge is 2.15. The van der Waals surface area contributed by atoms with E-state index in [1.165, 1.54) is 4.90 Å². The van der Waals surface area contributed by atoms with Crippen molar-refractivity contribution in [3.05, 3.63) is 62.6 Å². The number of aromatic nitrogens is 2. The first-order valence-corrected chi connectivity index (χ1v) is 11.2. The number of rotatable bonds is 8. The molecule has 2 heterocycles. The third-order valence-electron chi connectivity index (χ3n) is 5.82. The molecule has 1 aliphatic rings. The second kappa shape index (κ2) is 9.54. The minimum absolute atomic E-state index is 0.136. The van der Waals surface area contributed by atoms with Crippen LogP contribution >= 0.6 is 12.2 Å². The van der Waals surface area contributed by atoms with Crippen molar-refractivity contribution >= 4 is 29.0 Å². The Hall–Kier alpha value is -3.17. The lowest BCUT2D eigenvalue weighted by atomic mass is 10.1. The predicted molar refractivity (Wildman–Crippen MR) is 124 cm³/mol. The Morgan fingerprint density at radius 3 is 2.72 bits per heavy atom. The number of aromatic amines is 1. The summed E-state index contributed by atoms with van der Waals surface area (Å²) in [6.07, 6.45) is 0. The Bertz CT molecular complexity index is 1260. The third-order valence-corrected chi connectivity index (χ3v) is 6.15. The van der Waals surface area contributed by atoms with Crippen molar-refractivity contribution < 1.29 is 19.2 Å². The third kappa shape index (κ3) is 4.53. The maximum absolute atomic E-state index is 13.0. The Morgan fingerprint density at radius 1 is 1.16 bits per heavy atom. The van der Waals surface area contributed by atoms with Crippen LogP contribution < -0.4 is 25.2 Å². The van der Waals surface area contributed by atoms with E-state index in [2.05, 4.69) is 24.1 Å². The predicted octanol–water partition coefficient (Wildman–Crippen LogP) is 1.64. The molecule has 0 unspecified atom stereocenters. The Morgan fingerprint density at radius 2 is 1.94 bits per heavy atom. The number of amides is 1. The molecule has 1 aromatic heterocycles. The zero-order valence-corrected chi connectivity index (χ0v) is 19.0. The van der Waals surface area contributed by atoms with Gasteiger partial charge in [-0.2, -0.15) is 0 Å². The van der Waals surface area contributed by atoms with Crippen molar-refractivity contribution in [3.63, 3.8) is 0 Å². The second-order valence-electron chi connectivity index (χ2n) is 7.72. The topological polar surface area (TPSA) is 89.8 Å². The van der Waals surface area contributed by atoms with E-state index in [0.717, 1.165) is 25.2 Å². The molecular weight excluding hydrogens is 428 g/mol. The van der Waals surface area contributed by atoms with Gasteiger partial charge in [0.1, 0.15) is 0 Å². The summed E-state index contributed by atoms with van der Waals surface area (Å²) < 4.78 is 12.6. The number of benzene rings is 2. The van der Waals surface area contributed by atoms with Gasteiger partial charge >= 0.3 is 0 Å². The highest BCUT2D eigenvalue weighted by molar-refractivity contribution is 7.71. The number of ether oxygens (including phenoxy) is 2. The van der Waals surface area contributed by atoms with Gasteiger partial charge in [-0.1, -0.05) is 6.07 Å². The average molecular weight is 456 g/mol. The lowest BCUT2D eigenvalue weighted by molar-refractivity contribution is -0.897. The number of nitrogens with zero attached hydrogens (tertiary/aromatic N) is 1. The Labute approximate surface area is 190 Å². The number of quaternary nitrogens is 1. The first-order valence-electron chi connectivity index (χ1n) is 10.8. The number of fused-ring (bicyclic) bond motifs is 2. The van der Waals surface area contributed by atoms with Crippen molar-refractivity contribution in [3.8, 4) is 11.5 Å². The summed E-state index contributed by atoms with van der Waals surface area (Å²) in [6.45, 7) is 8.19. The van der Waals surface area contributed by atoms with Gasteiger partial charge in [0, 0.05) is 12.1 Å². The molecule has 0 saturated heterocycles. The molecular formula is C23H27N4O4S+. The van der Waals surface area contributed by atoms with Gasteiger partial charge in [-0.15, -0.1) is 0 Å². The zero-order valence-electron chi connectivity index (χ0n) is 18.2. The molecule has 3 aromatic rings. The molecule has 0 bridgehead atoms. The van der Waals surface area contributed by atoms with Gasteiger partial charge in [0.25, 0.3) is 11.5 Å². The normalized spacial score (nSPS) is 12.5. The SMILES string of the molecule is CC[NH+](CC)CCn1c(=S)[nH]c2cc(C(=O)NCc3ccc4c(c3)OCO4)ccc2c1=O. The van der Waals surface area contributed by atoms with E-state index >= 15 is 0 Å². The first kappa shape index (κ1) is 22.0. The van der Waals surface area contributed by atoms with E-state index in [1.807, 2.05) is 18.2 Å². The molecule has 0 saturated carbocycles. The highest BCUT2D eigenvalue weighted by Crippen LogP contribution is 2.32. The van der Waals surface area contributed by atoms with E-state index in [9.17, 15) is 9.59 Å². The van der Waals surface area contributed by atoms with Crippen LogP contribution in [0.5, 0.6) is 11.5 Å². The second-order valence-corrected chi connectivity index (χ2v) is 8.11. The van der Waals surface area contributed by atoms with E-state index < -0.39 is 0 Å². The van der Waals surface area contributed by atoms with Crippen molar-refractivity contribution in [2.24, 2.45) is 0 Å². The molecule has 3 N–H and O–H groups in total. The molecule has 4 rings (SSSR count). The van der Waals surface area contributed by atoms with Crippen LogP contribution in [0, 0.1) is 4.77 Å². The molecule has 0 atom stereocenters. The number of H-pyrrole nitrogens is 1. The monoisotopic (exact) mass is 455 g/mol. The Balaban J connectivity index is 1.50. The summed E-state index contributed by atoms with van der Waals surface area (Å²) in [6, 6.07) is 10.6. The van der Waals surface area contributed by atoms with Gasteiger partial charge in [-0.3, -0.25) is 14.2 Å². The molecule has 168 valence electrons. The van der Waals surface area contributed by atoms with Gasteiger partial charge < -0.3 is 24.7 Å². The summed E-state index contributed by atoms with van der Waals surface area (Å²) in [5, 5.41) is 3.41. The number of hydrogen-bond acceptors (Lipinski definition) is 5. The van der Waals surface area contributed by atoms with Crippen LogP contribution in [0.2, 0.25) is 0 Å². The lowest BCUT2D eigenvalue weighted by Crippen LogP contribution is -3.11. The molecule has 0 radical (unpaired) electrons. The van der Waals surface area contributed by atoms with Gasteiger partial charge in [-0.05, 0) is 62.0 Å². The largest absolute Gasteiger partial charge is 0.454 e. The first-order chi connectivity index (χ1) is 15.5. The van der Waals surface area contributed by atoms with E-state index in [4.69, 9.17) is 21.7 Å². The highest BCUT2D eigenvalue weighted by atomic mass is 32.1. The van der Waals surface area contributed by atoms with E-state index in [1.54, 1.807) is 22.8 Å². The smallest absolute Gasteiger partial charge is 0.262 e. The summed E-state index contributed by atoms with van der Waals surface area (Å²) in [7, 11) is 0. The molecule has 32 heavy (non-hydrogen) atoms. The summed E-state index contributed by atoms with van der Waals surface area (Å²) >= 11 is 5.43. The summed E-state index contributed by atoms with van der Waals surface area (Å²) in [5.74, 6) is 1.14. The minimum Gasteiger partial charge on any atom is -0.454 e. The summed E-state index contributed by atoms with van der Waals surface area (Å²) in [4.78, 5) is 30.2. The van der Waals surface area contributed by atoms with Crippen LogP contribution in [0.1, 0.15) is 29.8 Å². The number of carbonyl (C=O) groups is 1. The molecule has 0 aliphatic carbocycles. The van der Waals surface area contributed by atoms with Crippen LogP contribution in [0.3, 0.4) is 0 Å². The van der Waals surface area contributed by atoms with E-state index in [-0.39, 0.29) is 18.3 Å². The van der Waals surface area contributed by atoms with Gasteiger partial charge in [0.05, 0.1) is 37.1 Å². The van der Waals surface area contributed by atoms with Crippen LogP contribution in [-0.4, -0.2) is 41.9 Å². The van der Waals surface area contributed by atoms with Gasteiger partial charge in [0.2, 0.25) is 6.79 Å². The molecule has 9 heteroatoms. The van der Waals surface area contributed by atoms with Crippen molar-refractivity contribution in [2.75, 3.05) is 26.4 Å². The fourth-order valence-corrected chi connectivity index (χ4v) is 4.09. The molecule has 2 aromatic carbocycles. The fourth-order valence-electron chi connectivity index (χ4n) is 3.81. The Kier molecular flexibility index (Phi) is 6.57. The quantitative estimate of drug-likeness (QED) is 0.450. The number of hydrogen-bond donors (Lipinski definition) is 3. The molecule has 8 nitrogen and oxygen atoms in total. The standard InChI is InChI=1S/C23H26N4O4S/c1-3-26(4-2)9-10-27-22(29)17-7-6-16(12-18(17)25-23(27)32)21(28)24-13-15-5-8-19-20(11-15)31-14-30-19/h5-8,11-12H,3-4,9-10,13-14H2,1-2H3,(H,24,28)(H,25,32)/p+1. The van der Waals surface area contributed by atoms with Crippen molar-refractivity contribution in [1.82, 2.24) is 14.9 Å². The van der Waals surface area contributed by atoms with Gasteiger partial charge in [0.15, 0.2) is 16.3 Å². The molecule has 1 amide bonds. The average Bonchev–Trinajstić information content (AvgIpc) is 3.27. The van der Waals surface area contributed by atoms with Crippen LogP contribution in [-0.2, 0) is 13.1 Å². The molecule has 0 spiro atoms. The van der Waals surface area contributed by atoms with Crippen molar-refractivity contribution in [2.45, 2.75) is 26.9 Å². The zero-order chi connectivity index (χ0) is 22.7. The van der Waals surface area contributed by atoms with Crippen LogP contribution in [0.15, 0.2) is 41.2 Å². The van der Waals surface area contributed by atoms with Crippen LogP contribution in [0.4, 0.5) is 0 Å². The summed E-state index contributed by atoms with van der Waals surface area (Å²) in [5.41, 5.74) is 1.78. The fraction of sp³-hybridized carbons (Fsp3) is 0.348. The number of nitrogens with one attached hydrogen (secondary N) is 3. The van der Waals surface area contributed by atoms with Gasteiger partial charge in [-0.25, -0.2) is 0 Å². The van der Waals surface area contributed by atoms with Crippen LogP contribution in [0.25, 0.3) is 10.9 Å².